The first kappa shape index (κ1) is 37.2. The monoisotopic (exact) mass is 845 g/mol. The number of fused-ring (bicyclic) bond motifs is 2. The van der Waals surface area contributed by atoms with Crippen LogP contribution in [-0.2, 0) is 33.4 Å². The van der Waals surface area contributed by atoms with Crippen LogP contribution in [0.3, 0.4) is 0 Å². The molecule has 0 aromatic heterocycles. The van der Waals surface area contributed by atoms with Crippen LogP contribution < -0.4 is 0 Å². The molecule has 2 aliphatic carbocycles. The molecule has 2 atom stereocenters. The van der Waals surface area contributed by atoms with Gasteiger partial charge in [-0.25, -0.2) is 0 Å². The quantitative estimate of drug-likeness (QED) is 0.118. The number of benzene rings is 4. The van der Waals surface area contributed by atoms with Gasteiger partial charge in [0.1, 0.15) is 0 Å². The molecule has 2 unspecified atom stereocenters. The van der Waals surface area contributed by atoms with Crippen molar-refractivity contribution in [3.05, 3.63) is 129 Å². The van der Waals surface area contributed by atoms with Crippen molar-refractivity contribution < 1.29 is 20.6 Å². The first-order chi connectivity index (χ1) is 23.9. The molecule has 0 nitrogen and oxygen atoms in total. The van der Waals surface area contributed by atoms with Gasteiger partial charge in [-0.15, -0.1) is 0 Å². The van der Waals surface area contributed by atoms with Gasteiger partial charge in [0.05, 0.1) is 0 Å². The van der Waals surface area contributed by atoms with Crippen LogP contribution >= 0.6 is 0 Å². The van der Waals surface area contributed by atoms with Gasteiger partial charge in [-0.05, 0) is 0 Å². The molecule has 0 bridgehead atoms. The molecule has 0 fully saturated rings. The average Bonchev–Trinajstić information content (AvgIpc) is 3.58. The summed E-state index contributed by atoms with van der Waals surface area (Å²) in [5, 5.41) is 0. The van der Waals surface area contributed by atoms with E-state index in [0.29, 0.717) is 31.0 Å². The second-order valence-corrected chi connectivity index (χ2v) is 45.2. The van der Waals surface area contributed by atoms with E-state index in [-0.39, 0.29) is 0 Å². The van der Waals surface area contributed by atoms with Crippen molar-refractivity contribution in [3.63, 3.8) is 0 Å². The Morgan fingerprint density at radius 1 is 0.460 bits per heavy atom. The van der Waals surface area contributed by atoms with E-state index >= 15 is 0 Å². The Morgan fingerprint density at radius 2 is 0.820 bits per heavy atom. The third-order valence-corrected chi connectivity index (χ3v) is 41.6. The van der Waals surface area contributed by atoms with Crippen LogP contribution in [0, 0.1) is 23.7 Å². The number of hydrogen-bond acceptors (Lipinski definition) is 0. The van der Waals surface area contributed by atoms with E-state index in [1.54, 1.807) is 33.4 Å². The summed E-state index contributed by atoms with van der Waals surface area (Å²) in [7, 11) is 0. The second-order valence-electron chi connectivity index (χ2n) is 17.3. The molecule has 261 valence electrons. The molecule has 0 heterocycles. The summed E-state index contributed by atoms with van der Waals surface area (Å²) in [5.41, 5.74) is 18.8. The minimum absolute atomic E-state index is 0.635. The first-order valence-corrected chi connectivity index (χ1v) is 32.9. The van der Waals surface area contributed by atoms with Crippen LogP contribution in [0.15, 0.2) is 96.1 Å². The van der Waals surface area contributed by atoms with Gasteiger partial charge in [-0.2, -0.15) is 0 Å². The van der Waals surface area contributed by atoms with E-state index in [1.807, 2.05) is 0 Å². The van der Waals surface area contributed by atoms with Crippen LogP contribution in [0.4, 0.5) is 0 Å². The Morgan fingerprint density at radius 3 is 1.18 bits per heavy atom. The predicted molar refractivity (Wildman–Crippen MR) is 220 cm³/mol. The van der Waals surface area contributed by atoms with Gasteiger partial charge in [0, 0.05) is 0 Å². The summed E-state index contributed by atoms with van der Waals surface area (Å²) in [6.07, 6.45) is 10.1. The van der Waals surface area contributed by atoms with Crippen molar-refractivity contribution in [1.29, 1.82) is 0 Å². The van der Waals surface area contributed by atoms with Gasteiger partial charge in [0.2, 0.25) is 0 Å². The van der Waals surface area contributed by atoms with E-state index in [4.69, 9.17) is 0 Å². The molecule has 0 radical (unpaired) electrons. The average molecular weight is 845 g/mol. The summed E-state index contributed by atoms with van der Waals surface area (Å²) in [6, 6.07) is 33.3. The Labute approximate surface area is 313 Å². The van der Waals surface area contributed by atoms with E-state index in [0.717, 1.165) is 12.8 Å². The summed E-state index contributed by atoms with van der Waals surface area (Å²) >= 11 is -2.50. The van der Waals surface area contributed by atoms with Gasteiger partial charge in [0.15, 0.2) is 0 Å². The number of allylic oxidation sites excluding steroid dienone is 2. The molecule has 0 saturated heterocycles. The summed E-state index contributed by atoms with van der Waals surface area (Å²) in [5.74, 6) is 1.60. The molecule has 0 N–H and O–H groups in total. The Balaban J connectivity index is 1.53. The topological polar surface area (TPSA) is 0 Å². The Bertz CT molecular complexity index is 1740. The third-order valence-electron chi connectivity index (χ3n) is 10.8. The predicted octanol–water partition coefficient (Wildman–Crippen LogP) is 13.7. The van der Waals surface area contributed by atoms with Gasteiger partial charge in [-0.1, -0.05) is 0 Å². The molecular weight excluding hydrogens is 783 g/mol. The SMILES string of the molecule is CC(C)CC1=Cc2c(-c3ccccc3CC(C)C)cccc2[CH]1[Hf]([CH]1C(CC(C)C)=Cc2c(-c3ccccc3CC(C)C)cccc21)[SiH](C)C. The number of hydrogen-bond donors (Lipinski definition) is 0. The van der Waals surface area contributed by atoms with Crippen molar-refractivity contribution in [1.82, 2.24) is 0 Å². The van der Waals surface area contributed by atoms with Crippen LogP contribution in [0.1, 0.15) is 109 Å². The summed E-state index contributed by atoms with van der Waals surface area (Å²) in [4.78, 5) is 0. The standard InChI is InChI=1S/2C23H27.C2H7Si.Hf/c2*1-16(2)12-18-14-20-9-7-11-22(23(20)15-18)21-10-6-5-8-19(21)13-17(3)4;1-3-2;/h2*5-11,14-17H,12-13H2,1-4H3;3H,1-2H3;. The van der Waals surface area contributed by atoms with Gasteiger partial charge >= 0.3 is 316 Å². The van der Waals surface area contributed by atoms with Crippen molar-refractivity contribution in [2.75, 3.05) is 0 Å². The van der Waals surface area contributed by atoms with E-state index in [1.165, 1.54) is 46.2 Å². The molecule has 0 spiro atoms. The fourth-order valence-corrected chi connectivity index (χ4v) is 41.4. The first-order valence-electron chi connectivity index (χ1n) is 19.6. The van der Waals surface area contributed by atoms with Crippen molar-refractivity contribution in [2.24, 2.45) is 23.7 Å². The van der Waals surface area contributed by atoms with Gasteiger partial charge < -0.3 is 0 Å². The zero-order valence-electron chi connectivity index (χ0n) is 32.6. The van der Waals surface area contributed by atoms with Gasteiger partial charge in [0.25, 0.3) is 0 Å². The van der Waals surface area contributed by atoms with Crippen LogP contribution in [0.25, 0.3) is 34.4 Å². The molecular formula is C48H61HfSi. The summed E-state index contributed by atoms with van der Waals surface area (Å²) in [6.45, 7) is 24.6. The van der Waals surface area contributed by atoms with E-state index in [2.05, 4.69) is 166 Å². The van der Waals surface area contributed by atoms with Crippen LogP contribution in [0.5, 0.6) is 0 Å². The molecule has 50 heavy (non-hydrogen) atoms. The van der Waals surface area contributed by atoms with E-state index in [9.17, 15) is 0 Å². The minimum atomic E-state index is -2.50. The van der Waals surface area contributed by atoms with Crippen molar-refractivity contribution >= 4 is 18.1 Å². The molecule has 6 rings (SSSR count). The van der Waals surface area contributed by atoms with Crippen LogP contribution in [0.2, 0.25) is 13.1 Å². The van der Waals surface area contributed by atoms with Gasteiger partial charge in [-0.3, -0.25) is 0 Å². The fourth-order valence-electron chi connectivity index (χ4n) is 9.12. The molecule has 2 aliphatic rings. The Hall–Kier alpha value is -2.55. The fraction of sp³-hybridized carbons (Fsp3) is 0.417. The third kappa shape index (κ3) is 7.78. The maximum atomic E-state index is 2.74. The van der Waals surface area contributed by atoms with E-state index < -0.39 is 26.6 Å². The maximum absolute atomic E-state index is 2.74. The molecule has 0 aliphatic heterocycles. The summed E-state index contributed by atoms with van der Waals surface area (Å²) < 4.78 is 1.34. The normalized spacial score (nSPS) is 16.9. The molecule has 4 aromatic carbocycles. The second kappa shape index (κ2) is 16.0. The number of rotatable bonds is 13. The molecule has 2 heteroatoms. The molecule has 0 saturated carbocycles. The molecule has 4 aromatic rings. The van der Waals surface area contributed by atoms with Crippen LogP contribution in [-0.4, -0.2) is 5.98 Å². The Kier molecular flexibility index (Phi) is 11.9. The molecule has 0 amide bonds. The zero-order valence-corrected chi connectivity index (χ0v) is 37.4. The van der Waals surface area contributed by atoms with Crippen molar-refractivity contribution in [3.8, 4) is 22.3 Å². The van der Waals surface area contributed by atoms with Crippen molar-refractivity contribution in [2.45, 2.75) is 102 Å². The zero-order chi connectivity index (χ0) is 35.7.